The van der Waals surface area contributed by atoms with Crippen LogP contribution in [-0.4, -0.2) is 38.0 Å². The number of carbonyl (C=O) groups is 2. The van der Waals surface area contributed by atoms with E-state index in [1.54, 1.807) is 0 Å². The van der Waals surface area contributed by atoms with E-state index >= 15 is 0 Å². The Kier molecular flexibility index (Phi) is 5.30. The molecule has 0 aromatic carbocycles. The third-order valence-corrected chi connectivity index (χ3v) is 3.95. The van der Waals surface area contributed by atoms with Crippen LogP contribution in [0.3, 0.4) is 0 Å². The molecule has 1 aliphatic rings. The van der Waals surface area contributed by atoms with Crippen LogP contribution in [0.15, 0.2) is 6.20 Å². The summed E-state index contributed by atoms with van der Waals surface area (Å²) in [5.41, 5.74) is 0.173. The molecule has 0 saturated heterocycles. The van der Waals surface area contributed by atoms with Crippen molar-refractivity contribution < 1.29 is 14.7 Å². The Labute approximate surface area is 123 Å². The Morgan fingerprint density at radius 2 is 2.10 bits per heavy atom. The number of nitrogens with zero attached hydrogens (tertiary/aromatic N) is 3. The molecule has 0 spiro atoms. The first-order valence-electron chi connectivity index (χ1n) is 7.51. The van der Waals surface area contributed by atoms with Gasteiger partial charge >= 0.3 is 5.97 Å². The van der Waals surface area contributed by atoms with Gasteiger partial charge in [-0.25, -0.2) is 4.68 Å². The van der Waals surface area contributed by atoms with Crippen LogP contribution >= 0.6 is 0 Å². The summed E-state index contributed by atoms with van der Waals surface area (Å²) in [4.78, 5) is 22.6. The van der Waals surface area contributed by atoms with E-state index in [1.807, 2.05) is 0 Å². The Morgan fingerprint density at radius 1 is 1.38 bits per heavy atom. The van der Waals surface area contributed by atoms with Crippen molar-refractivity contribution in [2.24, 2.45) is 5.92 Å². The van der Waals surface area contributed by atoms with Crippen LogP contribution in [0.25, 0.3) is 0 Å². The maximum absolute atomic E-state index is 12.0. The summed E-state index contributed by atoms with van der Waals surface area (Å²) in [6.07, 6.45) is 8.17. The number of aliphatic carboxylic acids is 1. The molecule has 0 aliphatic heterocycles. The Hall–Kier alpha value is -1.92. The molecule has 0 unspecified atom stereocenters. The summed E-state index contributed by atoms with van der Waals surface area (Å²) in [6.45, 7) is 1.91. The number of carboxylic acid groups (broad SMARTS) is 1. The monoisotopic (exact) mass is 294 g/mol. The fourth-order valence-corrected chi connectivity index (χ4v) is 2.88. The molecule has 1 saturated carbocycles. The van der Waals surface area contributed by atoms with Gasteiger partial charge in [-0.05, 0) is 31.6 Å². The molecule has 116 valence electrons. The minimum atomic E-state index is -1.01. The molecule has 1 fully saturated rings. The van der Waals surface area contributed by atoms with Crippen molar-refractivity contribution in [3.8, 4) is 0 Å². The average Bonchev–Trinajstić information content (AvgIpc) is 2.89. The number of aromatic nitrogens is 3. The molecule has 1 aliphatic carbocycles. The number of nitrogens with one attached hydrogen (secondary N) is 1. The topological polar surface area (TPSA) is 97.1 Å². The molecule has 2 N–H and O–H groups in total. The van der Waals surface area contributed by atoms with Crippen molar-refractivity contribution in [2.45, 2.75) is 58.0 Å². The lowest BCUT2D eigenvalue weighted by atomic mass is 9.83. The highest BCUT2D eigenvalue weighted by molar-refractivity contribution is 5.92. The first-order valence-corrected chi connectivity index (χ1v) is 7.51. The summed E-state index contributed by atoms with van der Waals surface area (Å²) < 4.78 is 1.15. The zero-order valence-corrected chi connectivity index (χ0v) is 12.3. The zero-order valence-electron chi connectivity index (χ0n) is 12.3. The highest BCUT2D eigenvalue weighted by Crippen LogP contribution is 2.27. The maximum Gasteiger partial charge on any atom is 0.325 e. The summed E-state index contributed by atoms with van der Waals surface area (Å²) >= 11 is 0. The molecule has 7 heteroatoms. The second-order valence-electron chi connectivity index (χ2n) is 5.67. The molecule has 7 nitrogen and oxygen atoms in total. The quantitative estimate of drug-likeness (QED) is 0.827. The molecule has 0 radical (unpaired) electrons. The van der Waals surface area contributed by atoms with Gasteiger partial charge in [0.25, 0.3) is 5.91 Å². The SMILES string of the molecule is CCCC1CCC(NC(=O)c2cn(CC(=O)O)nn2)CC1. The molecule has 1 heterocycles. The van der Waals surface area contributed by atoms with Crippen molar-refractivity contribution in [3.63, 3.8) is 0 Å². The van der Waals surface area contributed by atoms with E-state index in [1.165, 1.54) is 19.0 Å². The zero-order chi connectivity index (χ0) is 15.2. The number of hydrogen-bond donors (Lipinski definition) is 2. The van der Waals surface area contributed by atoms with Crippen molar-refractivity contribution in [2.75, 3.05) is 0 Å². The predicted molar refractivity (Wildman–Crippen MR) is 75.8 cm³/mol. The normalized spacial score (nSPS) is 22.0. The lowest BCUT2D eigenvalue weighted by molar-refractivity contribution is -0.137. The molecule has 1 aromatic rings. The van der Waals surface area contributed by atoms with Crippen LogP contribution in [0.1, 0.15) is 55.9 Å². The van der Waals surface area contributed by atoms with Crippen LogP contribution in [0.2, 0.25) is 0 Å². The number of hydrogen-bond acceptors (Lipinski definition) is 4. The molecule has 2 rings (SSSR count). The van der Waals surface area contributed by atoms with Gasteiger partial charge in [-0.15, -0.1) is 5.10 Å². The molecule has 1 aromatic heterocycles. The average molecular weight is 294 g/mol. The molecule has 0 bridgehead atoms. The summed E-state index contributed by atoms with van der Waals surface area (Å²) in [6, 6.07) is 0.190. The highest BCUT2D eigenvalue weighted by atomic mass is 16.4. The molecular weight excluding hydrogens is 272 g/mol. The van der Waals surface area contributed by atoms with Gasteiger partial charge < -0.3 is 10.4 Å². The first-order chi connectivity index (χ1) is 10.1. The lowest BCUT2D eigenvalue weighted by Crippen LogP contribution is -2.37. The lowest BCUT2D eigenvalue weighted by Gasteiger charge is -2.28. The second-order valence-corrected chi connectivity index (χ2v) is 5.67. The Balaban J connectivity index is 1.82. The summed E-state index contributed by atoms with van der Waals surface area (Å²) in [7, 11) is 0. The van der Waals surface area contributed by atoms with Crippen LogP contribution in [0.5, 0.6) is 0 Å². The number of carbonyl (C=O) groups excluding carboxylic acids is 1. The van der Waals surface area contributed by atoms with Crippen molar-refractivity contribution >= 4 is 11.9 Å². The van der Waals surface area contributed by atoms with Crippen molar-refractivity contribution in [1.29, 1.82) is 0 Å². The van der Waals surface area contributed by atoms with E-state index in [9.17, 15) is 9.59 Å². The number of carboxylic acids is 1. The Morgan fingerprint density at radius 3 is 2.71 bits per heavy atom. The molecular formula is C14H22N4O3. The van der Waals surface area contributed by atoms with Gasteiger partial charge in [0, 0.05) is 6.04 Å². The molecule has 1 amide bonds. The van der Waals surface area contributed by atoms with Gasteiger partial charge in [-0.1, -0.05) is 25.0 Å². The predicted octanol–water partition coefficient (Wildman–Crippen LogP) is 1.45. The third-order valence-electron chi connectivity index (χ3n) is 3.95. The minimum absolute atomic E-state index is 0.173. The van der Waals surface area contributed by atoms with Gasteiger partial charge in [0.15, 0.2) is 5.69 Å². The summed E-state index contributed by atoms with van der Waals surface area (Å²) in [5.74, 6) is -0.494. The van der Waals surface area contributed by atoms with Gasteiger partial charge in [-0.3, -0.25) is 9.59 Å². The largest absolute Gasteiger partial charge is 0.480 e. The van der Waals surface area contributed by atoms with Crippen LogP contribution < -0.4 is 5.32 Å². The van der Waals surface area contributed by atoms with Gasteiger partial charge in [-0.2, -0.15) is 0 Å². The van der Waals surface area contributed by atoms with E-state index in [2.05, 4.69) is 22.6 Å². The van der Waals surface area contributed by atoms with E-state index in [4.69, 9.17) is 5.11 Å². The molecule has 0 atom stereocenters. The van der Waals surface area contributed by atoms with Gasteiger partial charge in [0.05, 0.1) is 6.20 Å². The van der Waals surface area contributed by atoms with Crippen molar-refractivity contribution in [1.82, 2.24) is 20.3 Å². The van der Waals surface area contributed by atoms with Gasteiger partial charge in [0.1, 0.15) is 6.54 Å². The van der Waals surface area contributed by atoms with Crippen molar-refractivity contribution in [3.05, 3.63) is 11.9 Å². The first kappa shape index (κ1) is 15.5. The standard InChI is InChI=1S/C14H22N4O3/c1-2-3-10-4-6-11(7-5-10)15-14(21)12-8-18(17-16-12)9-13(19)20/h8,10-11H,2-7,9H2,1H3,(H,15,21)(H,19,20). The smallest absolute Gasteiger partial charge is 0.325 e. The van der Waals surface area contributed by atoms with E-state index in [0.717, 1.165) is 36.3 Å². The fourth-order valence-electron chi connectivity index (χ4n) is 2.88. The maximum atomic E-state index is 12.0. The van der Waals surface area contributed by atoms with Crippen LogP contribution in [-0.2, 0) is 11.3 Å². The second kappa shape index (κ2) is 7.19. The fraction of sp³-hybridized carbons (Fsp3) is 0.714. The Bertz CT molecular complexity index is 492. The van der Waals surface area contributed by atoms with Crippen LogP contribution in [0.4, 0.5) is 0 Å². The number of rotatable bonds is 6. The third kappa shape index (κ3) is 4.54. The van der Waals surface area contributed by atoms with Crippen LogP contribution in [0, 0.1) is 5.92 Å². The molecule has 21 heavy (non-hydrogen) atoms. The van der Waals surface area contributed by atoms with E-state index in [-0.39, 0.29) is 24.2 Å². The van der Waals surface area contributed by atoms with E-state index < -0.39 is 5.97 Å². The minimum Gasteiger partial charge on any atom is -0.480 e. The number of amides is 1. The summed E-state index contributed by atoms with van der Waals surface area (Å²) in [5, 5.41) is 19.0. The van der Waals surface area contributed by atoms with E-state index in [0.29, 0.717) is 0 Å². The highest BCUT2D eigenvalue weighted by Gasteiger charge is 2.23. The van der Waals surface area contributed by atoms with Gasteiger partial charge in [0.2, 0.25) is 0 Å².